The lowest BCUT2D eigenvalue weighted by Gasteiger charge is -2.05. The summed E-state index contributed by atoms with van der Waals surface area (Å²) in [7, 11) is 0. The van der Waals surface area contributed by atoms with E-state index in [1.807, 2.05) is 18.2 Å². The quantitative estimate of drug-likeness (QED) is 0.734. The lowest BCUT2D eigenvalue weighted by molar-refractivity contribution is 0.101. The molecule has 0 unspecified atom stereocenters. The molecule has 1 heterocycles. The van der Waals surface area contributed by atoms with Gasteiger partial charge in [-0.1, -0.05) is 12.1 Å². The first-order valence-electron chi connectivity index (χ1n) is 5.19. The normalized spacial score (nSPS) is 9.65. The zero-order valence-electron chi connectivity index (χ0n) is 9.34. The van der Waals surface area contributed by atoms with Gasteiger partial charge in [0.1, 0.15) is 0 Å². The van der Waals surface area contributed by atoms with Gasteiger partial charge in [0, 0.05) is 17.3 Å². The first-order chi connectivity index (χ1) is 8.22. The predicted octanol–water partition coefficient (Wildman–Crippen LogP) is 2.82. The van der Waals surface area contributed by atoms with Crippen LogP contribution in [0.5, 0.6) is 0 Å². The van der Waals surface area contributed by atoms with Crippen molar-refractivity contribution in [2.45, 2.75) is 6.92 Å². The molecule has 2 rings (SSSR count). The number of ketones is 1. The molecule has 0 aliphatic carbocycles. The summed E-state index contributed by atoms with van der Waals surface area (Å²) >= 11 is 0. The summed E-state index contributed by atoms with van der Waals surface area (Å²) in [5.74, 6) is -0.0216. The molecule has 1 aromatic heterocycles. The van der Waals surface area contributed by atoms with Gasteiger partial charge < -0.3 is 0 Å². The highest BCUT2D eigenvalue weighted by Gasteiger charge is 2.08. The molecule has 2 aromatic rings. The summed E-state index contributed by atoms with van der Waals surface area (Å²) in [6, 6.07) is 12.6. The fraction of sp³-hybridized carbons (Fsp3) is 0.0714. The Balaban J connectivity index is 2.63. The molecule has 0 saturated carbocycles. The van der Waals surface area contributed by atoms with Crippen molar-refractivity contribution in [1.82, 2.24) is 4.98 Å². The molecule has 0 aliphatic rings. The predicted molar refractivity (Wildman–Crippen MR) is 64.4 cm³/mol. The van der Waals surface area contributed by atoms with Gasteiger partial charge in [-0.25, -0.2) is 0 Å². The molecule has 3 heteroatoms. The van der Waals surface area contributed by atoms with Crippen LogP contribution in [-0.4, -0.2) is 10.8 Å². The van der Waals surface area contributed by atoms with Crippen molar-refractivity contribution in [3.8, 4) is 17.3 Å². The minimum atomic E-state index is -0.0216. The number of rotatable bonds is 2. The molecule has 0 aliphatic heterocycles. The second-order valence-corrected chi connectivity index (χ2v) is 3.64. The maximum Gasteiger partial charge on any atom is 0.159 e. The molecule has 17 heavy (non-hydrogen) atoms. The van der Waals surface area contributed by atoms with Crippen molar-refractivity contribution in [1.29, 1.82) is 5.26 Å². The average Bonchev–Trinajstić information content (AvgIpc) is 2.39. The standard InChI is InChI=1S/C14H10N2O/c1-10(17)11-5-6-12(9-15)13(8-11)14-4-2-3-7-16-14/h2-8H,1H3. The van der Waals surface area contributed by atoms with Gasteiger partial charge in [-0.3, -0.25) is 9.78 Å². The number of Topliss-reactive ketones (excluding diaryl/α,β-unsaturated/α-hetero) is 1. The summed E-state index contributed by atoms with van der Waals surface area (Å²) in [4.78, 5) is 15.5. The van der Waals surface area contributed by atoms with Gasteiger partial charge in [-0.15, -0.1) is 0 Å². The third-order valence-electron chi connectivity index (χ3n) is 2.49. The fourth-order valence-corrected chi connectivity index (χ4v) is 1.59. The zero-order chi connectivity index (χ0) is 12.3. The van der Waals surface area contributed by atoms with Gasteiger partial charge in [-0.2, -0.15) is 5.26 Å². The Morgan fingerprint density at radius 2 is 2.12 bits per heavy atom. The van der Waals surface area contributed by atoms with Crippen LogP contribution in [0.4, 0.5) is 0 Å². The second-order valence-electron chi connectivity index (χ2n) is 3.64. The van der Waals surface area contributed by atoms with Gasteiger partial charge in [0.05, 0.1) is 17.3 Å². The van der Waals surface area contributed by atoms with Crippen LogP contribution in [0.3, 0.4) is 0 Å². The van der Waals surface area contributed by atoms with Crippen LogP contribution in [-0.2, 0) is 0 Å². The van der Waals surface area contributed by atoms with Crippen LogP contribution in [0.25, 0.3) is 11.3 Å². The largest absolute Gasteiger partial charge is 0.295 e. The van der Waals surface area contributed by atoms with Crippen LogP contribution >= 0.6 is 0 Å². The monoisotopic (exact) mass is 222 g/mol. The SMILES string of the molecule is CC(=O)c1ccc(C#N)c(-c2ccccn2)c1. The molecule has 82 valence electrons. The molecule has 0 spiro atoms. The Morgan fingerprint density at radius 3 is 2.71 bits per heavy atom. The maximum absolute atomic E-state index is 11.3. The van der Waals surface area contributed by atoms with Crippen molar-refractivity contribution in [3.05, 3.63) is 53.7 Å². The summed E-state index contributed by atoms with van der Waals surface area (Å²) in [6.07, 6.45) is 1.66. The van der Waals surface area contributed by atoms with E-state index in [0.717, 1.165) is 0 Å². The Hall–Kier alpha value is -2.47. The van der Waals surface area contributed by atoms with E-state index in [1.165, 1.54) is 6.92 Å². The first kappa shape index (κ1) is 11.0. The molecule has 3 nitrogen and oxygen atoms in total. The van der Waals surface area contributed by atoms with Crippen LogP contribution in [0.1, 0.15) is 22.8 Å². The van der Waals surface area contributed by atoms with Gasteiger partial charge in [0.15, 0.2) is 5.78 Å². The van der Waals surface area contributed by atoms with Crippen molar-refractivity contribution in [3.63, 3.8) is 0 Å². The number of carbonyl (C=O) groups is 1. The van der Waals surface area contributed by atoms with Gasteiger partial charge in [0.25, 0.3) is 0 Å². The molecular formula is C14H10N2O. The van der Waals surface area contributed by atoms with Crippen LogP contribution in [0, 0.1) is 11.3 Å². The number of benzene rings is 1. The number of nitriles is 1. The highest BCUT2D eigenvalue weighted by molar-refractivity contribution is 5.95. The highest BCUT2D eigenvalue weighted by atomic mass is 16.1. The zero-order valence-corrected chi connectivity index (χ0v) is 9.34. The number of carbonyl (C=O) groups excluding carboxylic acids is 1. The van der Waals surface area contributed by atoms with Crippen LogP contribution < -0.4 is 0 Å². The molecule has 0 atom stereocenters. The highest BCUT2D eigenvalue weighted by Crippen LogP contribution is 2.22. The molecule has 0 N–H and O–H groups in total. The molecule has 0 amide bonds. The summed E-state index contributed by atoms with van der Waals surface area (Å²) < 4.78 is 0. The topological polar surface area (TPSA) is 53.8 Å². The van der Waals surface area contributed by atoms with E-state index in [-0.39, 0.29) is 5.78 Å². The molecule has 0 saturated heterocycles. The third kappa shape index (κ3) is 2.21. The number of hydrogen-bond acceptors (Lipinski definition) is 3. The number of aromatic nitrogens is 1. The summed E-state index contributed by atoms with van der Waals surface area (Å²) in [6.45, 7) is 1.50. The Kier molecular flexibility index (Phi) is 2.97. The Morgan fingerprint density at radius 1 is 1.29 bits per heavy atom. The number of nitrogens with zero attached hydrogens (tertiary/aromatic N) is 2. The van der Waals surface area contributed by atoms with E-state index < -0.39 is 0 Å². The second kappa shape index (κ2) is 4.58. The molecule has 0 fully saturated rings. The minimum absolute atomic E-state index is 0.0216. The molecule has 0 radical (unpaired) electrons. The van der Waals surface area contributed by atoms with E-state index in [2.05, 4.69) is 11.1 Å². The van der Waals surface area contributed by atoms with Crippen molar-refractivity contribution in [2.24, 2.45) is 0 Å². The van der Waals surface area contributed by atoms with Gasteiger partial charge >= 0.3 is 0 Å². The van der Waals surface area contributed by atoms with E-state index in [4.69, 9.17) is 5.26 Å². The number of pyridine rings is 1. The van der Waals surface area contributed by atoms with Crippen molar-refractivity contribution < 1.29 is 4.79 Å². The average molecular weight is 222 g/mol. The minimum Gasteiger partial charge on any atom is -0.295 e. The Bertz CT molecular complexity index is 597. The van der Waals surface area contributed by atoms with E-state index >= 15 is 0 Å². The van der Waals surface area contributed by atoms with Crippen molar-refractivity contribution >= 4 is 5.78 Å². The Labute approximate surface area is 99.4 Å². The lowest BCUT2D eigenvalue weighted by Crippen LogP contribution is -1.95. The van der Waals surface area contributed by atoms with Gasteiger partial charge in [-0.05, 0) is 31.2 Å². The van der Waals surface area contributed by atoms with E-state index in [9.17, 15) is 4.79 Å². The molecular weight excluding hydrogens is 212 g/mol. The van der Waals surface area contributed by atoms with Gasteiger partial charge in [0.2, 0.25) is 0 Å². The number of hydrogen-bond donors (Lipinski definition) is 0. The van der Waals surface area contributed by atoms with E-state index in [0.29, 0.717) is 22.4 Å². The fourth-order valence-electron chi connectivity index (χ4n) is 1.59. The molecule has 1 aromatic carbocycles. The lowest BCUT2D eigenvalue weighted by atomic mass is 10.00. The summed E-state index contributed by atoms with van der Waals surface area (Å²) in [5, 5.41) is 9.05. The third-order valence-corrected chi connectivity index (χ3v) is 2.49. The first-order valence-corrected chi connectivity index (χ1v) is 5.19. The summed E-state index contributed by atoms with van der Waals surface area (Å²) in [5.41, 5.74) is 2.51. The van der Waals surface area contributed by atoms with Crippen LogP contribution in [0.15, 0.2) is 42.6 Å². The van der Waals surface area contributed by atoms with Crippen molar-refractivity contribution in [2.75, 3.05) is 0 Å². The smallest absolute Gasteiger partial charge is 0.159 e. The maximum atomic E-state index is 11.3. The van der Waals surface area contributed by atoms with E-state index in [1.54, 1.807) is 24.4 Å². The van der Waals surface area contributed by atoms with Crippen LogP contribution in [0.2, 0.25) is 0 Å². The molecule has 0 bridgehead atoms.